The molecule has 7 nitrogen and oxygen atoms in total. The molecule has 23 heavy (non-hydrogen) atoms. The number of carbonyl (C=O) groups excluding carboxylic acids is 2. The summed E-state index contributed by atoms with van der Waals surface area (Å²) in [7, 11) is 1.58. The number of amides is 3. The van der Waals surface area contributed by atoms with Gasteiger partial charge in [-0.3, -0.25) is 9.69 Å². The molecule has 1 atom stereocenters. The SMILES string of the molecule is COc1ccc2c(c1)[C@@]1(CC2)NC(=O)N(Cc2cnsn2)C1=O. The first-order chi connectivity index (χ1) is 11.1. The molecule has 4 rings (SSSR count). The quantitative estimate of drug-likeness (QED) is 0.861. The number of rotatable bonds is 3. The lowest BCUT2D eigenvalue weighted by Crippen LogP contribution is -2.41. The van der Waals surface area contributed by atoms with Gasteiger partial charge in [0.2, 0.25) is 0 Å². The summed E-state index contributed by atoms with van der Waals surface area (Å²) in [6.45, 7) is 0.141. The maximum absolute atomic E-state index is 13.0. The van der Waals surface area contributed by atoms with E-state index in [4.69, 9.17) is 4.74 Å². The van der Waals surface area contributed by atoms with Crippen LogP contribution in [-0.2, 0) is 23.3 Å². The van der Waals surface area contributed by atoms with E-state index in [9.17, 15) is 9.59 Å². The molecule has 1 saturated heterocycles. The zero-order valence-electron chi connectivity index (χ0n) is 12.4. The monoisotopic (exact) mass is 330 g/mol. The maximum Gasteiger partial charge on any atom is 0.325 e. The van der Waals surface area contributed by atoms with Crippen LogP contribution < -0.4 is 10.1 Å². The van der Waals surface area contributed by atoms with Crippen molar-refractivity contribution in [1.29, 1.82) is 0 Å². The number of hydrogen-bond acceptors (Lipinski definition) is 6. The number of nitrogens with one attached hydrogen (secondary N) is 1. The number of benzene rings is 1. The summed E-state index contributed by atoms with van der Waals surface area (Å²) in [5.74, 6) is 0.441. The molecule has 1 aromatic carbocycles. The lowest BCUT2D eigenvalue weighted by atomic mass is 9.91. The highest BCUT2D eigenvalue weighted by Gasteiger charge is 2.55. The van der Waals surface area contributed by atoms with Crippen molar-refractivity contribution in [2.24, 2.45) is 0 Å². The molecule has 0 unspecified atom stereocenters. The van der Waals surface area contributed by atoms with Crippen molar-refractivity contribution in [3.63, 3.8) is 0 Å². The highest BCUT2D eigenvalue weighted by atomic mass is 32.1. The molecular weight excluding hydrogens is 316 g/mol. The average Bonchev–Trinajstić information content (AvgIpc) is 3.25. The van der Waals surface area contributed by atoms with Crippen molar-refractivity contribution in [1.82, 2.24) is 19.0 Å². The number of fused-ring (bicyclic) bond motifs is 2. The van der Waals surface area contributed by atoms with E-state index in [0.29, 0.717) is 17.9 Å². The van der Waals surface area contributed by atoms with Gasteiger partial charge >= 0.3 is 6.03 Å². The van der Waals surface area contributed by atoms with E-state index < -0.39 is 11.6 Å². The number of nitrogens with zero attached hydrogens (tertiary/aromatic N) is 3. The summed E-state index contributed by atoms with van der Waals surface area (Å²) < 4.78 is 13.2. The topological polar surface area (TPSA) is 84.4 Å². The van der Waals surface area contributed by atoms with Crippen LogP contribution in [-0.4, -0.2) is 32.7 Å². The van der Waals surface area contributed by atoms with E-state index in [2.05, 4.69) is 14.1 Å². The van der Waals surface area contributed by atoms with Crippen LogP contribution in [0.2, 0.25) is 0 Å². The van der Waals surface area contributed by atoms with Gasteiger partial charge in [0.15, 0.2) is 0 Å². The first-order valence-electron chi connectivity index (χ1n) is 7.22. The Hall–Kier alpha value is -2.48. The third-order valence-corrected chi connectivity index (χ3v) is 4.96. The standard InChI is InChI=1S/C15H14N4O3S/c1-22-11-3-2-9-4-5-15(12(9)6-11)13(20)19(14(21)17-15)8-10-7-16-23-18-10/h2-3,6-7H,4-5,8H2,1H3,(H,17,21)/t15-/m1/s1. The number of hydrogen-bond donors (Lipinski definition) is 1. The lowest BCUT2D eigenvalue weighted by Gasteiger charge is -2.22. The Morgan fingerprint density at radius 1 is 1.43 bits per heavy atom. The van der Waals surface area contributed by atoms with E-state index in [1.807, 2.05) is 18.2 Å². The minimum atomic E-state index is -0.982. The number of methoxy groups -OCH3 is 1. The molecule has 8 heteroatoms. The number of urea groups is 1. The van der Waals surface area contributed by atoms with Gasteiger partial charge in [0, 0.05) is 0 Å². The van der Waals surface area contributed by atoms with Crippen LogP contribution in [0.1, 0.15) is 23.2 Å². The fourth-order valence-corrected chi connectivity index (χ4v) is 3.72. The van der Waals surface area contributed by atoms with Gasteiger partial charge in [-0.1, -0.05) is 6.07 Å². The van der Waals surface area contributed by atoms with Crippen molar-refractivity contribution >= 4 is 23.7 Å². The second-order valence-corrected chi connectivity index (χ2v) is 6.21. The van der Waals surface area contributed by atoms with Crippen LogP contribution in [0.25, 0.3) is 0 Å². The molecule has 118 valence electrons. The Balaban J connectivity index is 1.71. The van der Waals surface area contributed by atoms with Crippen LogP contribution in [0.4, 0.5) is 4.79 Å². The number of aromatic nitrogens is 2. The van der Waals surface area contributed by atoms with E-state index in [0.717, 1.165) is 29.3 Å². The third-order valence-electron chi connectivity index (χ3n) is 4.45. The number of ether oxygens (including phenoxy) is 1. The Labute approximate surface area is 136 Å². The molecule has 1 N–H and O–H groups in total. The molecule has 0 saturated carbocycles. The number of carbonyl (C=O) groups is 2. The van der Waals surface area contributed by atoms with Gasteiger partial charge in [-0.05, 0) is 36.1 Å². The first kappa shape index (κ1) is 14.1. The molecule has 2 aromatic rings. The van der Waals surface area contributed by atoms with Crippen molar-refractivity contribution < 1.29 is 14.3 Å². The van der Waals surface area contributed by atoms with Crippen molar-refractivity contribution in [3.8, 4) is 5.75 Å². The van der Waals surface area contributed by atoms with E-state index in [1.54, 1.807) is 13.3 Å². The molecule has 1 fully saturated rings. The summed E-state index contributed by atoms with van der Waals surface area (Å²) in [5, 5.41) is 2.89. The molecule has 1 spiro atoms. The van der Waals surface area contributed by atoms with Crippen LogP contribution in [0.5, 0.6) is 5.75 Å². The summed E-state index contributed by atoms with van der Waals surface area (Å²) in [4.78, 5) is 26.6. The smallest absolute Gasteiger partial charge is 0.325 e. The molecule has 2 aliphatic rings. The third kappa shape index (κ3) is 2.02. The number of imide groups is 1. The van der Waals surface area contributed by atoms with Gasteiger partial charge in [0.1, 0.15) is 11.3 Å². The van der Waals surface area contributed by atoms with E-state index in [-0.39, 0.29) is 12.5 Å². The Morgan fingerprint density at radius 2 is 2.30 bits per heavy atom. The molecule has 0 bridgehead atoms. The molecule has 1 aliphatic heterocycles. The summed E-state index contributed by atoms with van der Waals surface area (Å²) >= 11 is 1.06. The fourth-order valence-electron chi connectivity index (χ4n) is 3.29. The second kappa shape index (κ2) is 5.02. The van der Waals surface area contributed by atoms with Gasteiger partial charge in [0.25, 0.3) is 5.91 Å². The highest BCUT2D eigenvalue weighted by Crippen LogP contribution is 2.43. The van der Waals surface area contributed by atoms with Crippen molar-refractivity contribution in [3.05, 3.63) is 41.2 Å². The van der Waals surface area contributed by atoms with Crippen molar-refractivity contribution in [2.45, 2.75) is 24.9 Å². The molecule has 3 amide bonds. The second-order valence-electron chi connectivity index (χ2n) is 5.65. The molecular formula is C15H14N4O3S. The van der Waals surface area contributed by atoms with E-state index in [1.165, 1.54) is 4.90 Å². The highest BCUT2D eigenvalue weighted by molar-refractivity contribution is 6.99. The van der Waals surface area contributed by atoms with Crippen LogP contribution in [0.15, 0.2) is 24.4 Å². The molecule has 0 radical (unpaired) electrons. The zero-order valence-corrected chi connectivity index (χ0v) is 13.2. The predicted octanol–water partition coefficient (Wildman–Crippen LogP) is 1.44. The fraction of sp³-hybridized carbons (Fsp3) is 0.333. The minimum absolute atomic E-state index is 0.141. The minimum Gasteiger partial charge on any atom is -0.497 e. The zero-order chi connectivity index (χ0) is 16.0. The molecule has 1 aliphatic carbocycles. The number of aryl methyl sites for hydroxylation is 1. The van der Waals surface area contributed by atoms with Crippen LogP contribution in [0, 0.1) is 0 Å². The van der Waals surface area contributed by atoms with Gasteiger partial charge in [0.05, 0.1) is 37.3 Å². The first-order valence-corrected chi connectivity index (χ1v) is 7.95. The normalized spacial score (nSPS) is 22.6. The molecule has 2 heterocycles. The lowest BCUT2D eigenvalue weighted by molar-refractivity contribution is -0.132. The van der Waals surface area contributed by atoms with Gasteiger partial charge in [-0.25, -0.2) is 4.79 Å². The molecule has 1 aromatic heterocycles. The van der Waals surface area contributed by atoms with Gasteiger partial charge in [-0.15, -0.1) is 0 Å². The van der Waals surface area contributed by atoms with Gasteiger partial charge < -0.3 is 10.1 Å². The summed E-state index contributed by atoms with van der Waals surface area (Å²) in [6, 6.07) is 5.28. The van der Waals surface area contributed by atoms with Crippen LogP contribution >= 0.6 is 11.7 Å². The Morgan fingerprint density at radius 3 is 3.04 bits per heavy atom. The average molecular weight is 330 g/mol. The summed E-state index contributed by atoms with van der Waals surface area (Å²) in [6.07, 6.45) is 2.88. The Bertz CT molecular complexity index is 792. The van der Waals surface area contributed by atoms with Crippen LogP contribution in [0.3, 0.4) is 0 Å². The predicted molar refractivity (Wildman–Crippen MR) is 82.0 cm³/mol. The van der Waals surface area contributed by atoms with Gasteiger partial charge in [-0.2, -0.15) is 8.75 Å². The van der Waals surface area contributed by atoms with Crippen molar-refractivity contribution in [2.75, 3.05) is 7.11 Å². The largest absolute Gasteiger partial charge is 0.497 e. The van der Waals surface area contributed by atoms with E-state index >= 15 is 0 Å². The Kier molecular flexibility index (Phi) is 3.08. The summed E-state index contributed by atoms with van der Waals surface area (Å²) in [5.41, 5.74) is 1.52. The maximum atomic E-state index is 13.0.